The molecule has 6 aliphatic heterocycles. The Hall–Kier alpha value is -4.11. The molecule has 8 aliphatic rings. The van der Waals surface area contributed by atoms with Crippen molar-refractivity contribution >= 4 is 59.6 Å². The first kappa shape index (κ1) is 45.7. The Morgan fingerprint density at radius 1 is 1.00 bits per heavy atom. The highest BCUT2D eigenvalue weighted by Crippen LogP contribution is 2.70. The maximum atomic E-state index is 15.6. The van der Waals surface area contributed by atoms with Crippen molar-refractivity contribution < 1.29 is 38.4 Å². The van der Waals surface area contributed by atoms with Crippen LogP contribution in [0.15, 0.2) is 100 Å². The van der Waals surface area contributed by atoms with E-state index in [4.69, 9.17) is 30.5 Å². The van der Waals surface area contributed by atoms with Crippen LogP contribution in [0.5, 0.6) is 0 Å². The van der Waals surface area contributed by atoms with Crippen molar-refractivity contribution in [2.24, 2.45) is 28.1 Å². The van der Waals surface area contributed by atoms with Gasteiger partial charge in [-0.25, -0.2) is 4.79 Å². The van der Waals surface area contributed by atoms with Gasteiger partial charge >= 0.3 is 17.9 Å². The number of carbonyl (C=O) groups excluding carboxylic acids is 3. The van der Waals surface area contributed by atoms with Crippen LogP contribution in [0.1, 0.15) is 57.6 Å². The van der Waals surface area contributed by atoms with Crippen molar-refractivity contribution in [3.05, 3.63) is 111 Å². The molecule has 3 fully saturated rings. The Morgan fingerprint density at radius 2 is 1.79 bits per heavy atom. The number of thioether (sulfide) groups is 1. The number of aliphatic hydroxyl groups is 1. The molecule has 10 rings (SSSR count). The van der Waals surface area contributed by atoms with Gasteiger partial charge in [-0.15, -0.1) is 11.8 Å². The first-order valence-corrected chi connectivity index (χ1v) is 24.8. The van der Waals surface area contributed by atoms with Gasteiger partial charge in [0.25, 0.3) is 0 Å². The third-order valence-electron chi connectivity index (χ3n) is 16.7. The van der Waals surface area contributed by atoms with Crippen LogP contribution in [-0.4, -0.2) is 136 Å². The molecule has 11 atom stereocenters. The van der Waals surface area contributed by atoms with E-state index < -0.39 is 58.0 Å². The van der Waals surface area contributed by atoms with Crippen LogP contribution in [0.3, 0.4) is 0 Å². The zero-order chi connectivity index (χ0) is 46.5. The third-order valence-corrected chi connectivity index (χ3v) is 18.1. The summed E-state index contributed by atoms with van der Waals surface area (Å²) in [6.45, 7) is 9.24. The van der Waals surface area contributed by atoms with Crippen LogP contribution >= 0.6 is 23.4 Å². The number of benzene rings is 2. The summed E-state index contributed by atoms with van der Waals surface area (Å²) in [4.78, 5) is 51.3. The number of rotatable bonds is 10. The van der Waals surface area contributed by atoms with Gasteiger partial charge in [0.05, 0.1) is 31.8 Å². The van der Waals surface area contributed by atoms with E-state index in [1.54, 1.807) is 18.9 Å². The Bertz CT molecular complexity index is 2540. The molecule has 6 heterocycles. The molecule has 2 aromatic carbocycles. The van der Waals surface area contributed by atoms with Gasteiger partial charge < -0.3 is 29.0 Å². The topological polar surface area (TPSA) is 118 Å². The molecule has 14 heteroatoms. The van der Waals surface area contributed by atoms with Crippen LogP contribution in [0, 0.1) is 28.1 Å². The number of methoxy groups -OCH3 is 3. The Balaban J connectivity index is 1.19. The number of fused-ring (bicyclic) bond motifs is 5. The molecule has 0 aromatic heterocycles. The monoisotopic (exact) mass is 932 g/mol. The molecule has 2 aliphatic carbocycles. The van der Waals surface area contributed by atoms with Gasteiger partial charge in [-0.3, -0.25) is 19.4 Å². The fourth-order valence-electron chi connectivity index (χ4n) is 14.3. The highest BCUT2D eigenvalue weighted by atomic mass is 35.5. The quantitative estimate of drug-likeness (QED) is 0.0967. The highest BCUT2D eigenvalue weighted by molar-refractivity contribution is 7.98. The van der Waals surface area contributed by atoms with E-state index in [0.29, 0.717) is 38.9 Å². The largest absolute Gasteiger partial charge is 0.468 e. The van der Waals surface area contributed by atoms with Crippen molar-refractivity contribution in [3.63, 3.8) is 0 Å². The van der Waals surface area contributed by atoms with E-state index in [0.717, 1.165) is 74.1 Å². The van der Waals surface area contributed by atoms with E-state index in [1.165, 1.54) is 26.7 Å². The van der Waals surface area contributed by atoms with E-state index in [1.807, 2.05) is 37.1 Å². The lowest BCUT2D eigenvalue weighted by atomic mass is 9.46. The Morgan fingerprint density at radius 3 is 2.50 bits per heavy atom. The number of carbonyl (C=O) groups is 3. The number of allylic oxidation sites excluding steroid dienone is 1. The molecule has 1 saturated carbocycles. The second-order valence-corrected chi connectivity index (χ2v) is 21.1. The van der Waals surface area contributed by atoms with Crippen molar-refractivity contribution in [1.29, 1.82) is 0 Å². The van der Waals surface area contributed by atoms with Crippen LogP contribution in [0.2, 0.25) is 5.02 Å². The Kier molecular flexibility index (Phi) is 11.7. The van der Waals surface area contributed by atoms with Gasteiger partial charge in [0, 0.05) is 91.4 Å². The van der Waals surface area contributed by atoms with Gasteiger partial charge in [-0.2, -0.15) is 0 Å². The summed E-state index contributed by atoms with van der Waals surface area (Å²) in [5, 5.41) is 14.2. The summed E-state index contributed by atoms with van der Waals surface area (Å²) in [7, 11) is 8.61. The van der Waals surface area contributed by atoms with Crippen molar-refractivity contribution in [2.75, 3.05) is 61.1 Å². The lowest BCUT2D eigenvalue weighted by Gasteiger charge is -2.63. The minimum absolute atomic E-state index is 0.0425. The number of ether oxygens (including phenoxy) is 4. The Labute approximate surface area is 398 Å². The van der Waals surface area contributed by atoms with Gasteiger partial charge in [-0.05, 0) is 84.7 Å². The number of likely N-dealkylation sites (tertiary alicyclic amines) is 1. The normalized spacial score (nSPS) is 36.0. The lowest BCUT2D eigenvalue weighted by molar-refractivity contribution is -0.243. The number of hydrogen-bond donors (Lipinski definition) is 1. The lowest BCUT2D eigenvalue weighted by Crippen LogP contribution is -2.79. The van der Waals surface area contributed by atoms with Gasteiger partial charge in [-0.1, -0.05) is 90.5 Å². The van der Waals surface area contributed by atoms with Crippen molar-refractivity contribution in [2.45, 2.75) is 87.0 Å². The number of hydrogen-bond acceptors (Lipinski definition) is 12. The molecular weight excluding hydrogens is 873 g/mol. The zero-order valence-corrected chi connectivity index (χ0v) is 40.5. The number of likely N-dealkylation sites (N-methyl/N-ethyl adjacent to an activating group) is 1. The molecule has 2 saturated heterocycles. The van der Waals surface area contributed by atoms with E-state index in [9.17, 15) is 14.7 Å². The summed E-state index contributed by atoms with van der Waals surface area (Å²) in [6, 6.07) is 13.4. The predicted molar refractivity (Wildman–Crippen MR) is 256 cm³/mol. The summed E-state index contributed by atoms with van der Waals surface area (Å²) in [5.41, 5.74) is 3.13. The first-order chi connectivity index (χ1) is 31.7. The van der Waals surface area contributed by atoms with E-state index in [-0.39, 0.29) is 17.9 Å². The summed E-state index contributed by atoms with van der Waals surface area (Å²) in [5.74, 6) is -1.56. The smallest absolute Gasteiger partial charge is 0.344 e. The average molecular weight is 933 g/mol. The van der Waals surface area contributed by atoms with E-state index in [2.05, 4.69) is 78.6 Å². The third kappa shape index (κ3) is 6.42. The highest BCUT2D eigenvalue weighted by Gasteiger charge is 2.81. The van der Waals surface area contributed by atoms with Gasteiger partial charge in [0.15, 0.2) is 13.4 Å². The molecule has 1 spiro atoms. The average Bonchev–Trinajstić information content (AvgIpc) is 3.97. The fraction of sp³-hybridized carbons (Fsp3) is 0.519. The fourth-order valence-corrected chi connectivity index (χ4v) is 15.5. The van der Waals surface area contributed by atoms with Gasteiger partial charge in [0.1, 0.15) is 0 Å². The maximum absolute atomic E-state index is 15.6. The zero-order valence-electron chi connectivity index (χ0n) is 39.0. The molecule has 347 valence electrons. The molecule has 0 amide bonds. The minimum Gasteiger partial charge on any atom is -0.468 e. The van der Waals surface area contributed by atoms with Gasteiger partial charge in [0.2, 0.25) is 5.60 Å². The van der Waals surface area contributed by atoms with E-state index >= 15 is 4.79 Å². The van der Waals surface area contributed by atoms with Crippen LogP contribution in [0.25, 0.3) is 5.57 Å². The molecule has 2 aromatic rings. The number of esters is 3. The second kappa shape index (κ2) is 16.8. The molecule has 11 nitrogen and oxygen atoms in total. The number of nitrogens with zero attached hydrogens (tertiary/aromatic N) is 3. The first-order valence-electron chi connectivity index (χ1n) is 23.4. The van der Waals surface area contributed by atoms with Crippen LogP contribution in [0.4, 0.5) is 0 Å². The van der Waals surface area contributed by atoms with Crippen molar-refractivity contribution in [3.8, 4) is 0 Å². The van der Waals surface area contributed by atoms with Crippen LogP contribution < -0.4 is 5.46 Å². The number of halogens is 1. The maximum Gasteiger partial charge on any atom is 0.344 e. The molecular formula is C52H60BClN3O8S. The molecule has 66 heavy (non-hydrogen) atoms. The predicted octanol–water partition coefficient (Wildman–Crippen LogP) is 6.16. The minimum atomic E-state index is -2.28. The molecule has 3 unspecified atom stereocenters. The summed E-state index contributed by atoms with van der Waals surface area (Å²) in [6.07, 6.45) is 11.6. The van der Waals surface area contributed by atoms with Crippen LogP contribution in [-0.2, 0) is 39.1 Å². The second-order valence-electron chi connectivity index (χ2n) is 19.7. The standard InChI is InChI=1S/C52H60BClN3O8S/c1-8-31-21-32-25-51(47(59)63-6,43-36(28-56(26-31)27-32)35-22-34(15-16-39(35)53-43)66-29-33-13-10-11-14-40(33)54)38-23-37-41(24-42(38)62-5)55(4)45-50(37)18-20-57-19-12-17-49(9-2,44(50)57)46(65-30(3)58)52(45,61)48(60)64-7/h10-17,21-24,32,38,42,44-46,61H,8-9,18-20,25-29H2,1-7H3/t32-,38?,42?,44+,45-,46-,49-,50-,51+,52+/m1/s1. The van der Waals surface area contributed by atoms with Crippen molar-refractivity contribution in [1.82, 2.24) is 14.7 Å². The molecule has 1 radical (unpaired) electrons. The summed E-state index contributed by atoms with van der Waals surface area (Å²) < 4.78 is 24.4. The molecule has 1 N–H and O–H groups in total. The SMILES string of the molecule is CCC1=C[C@H]2CN(C1)CC1=C([B]c3ccc(SCc4ccccc4Cl)cc31)[C@@](C(=O)OC)(C1C=C3C(=CC1OC)N(C)[C@H]1[C@@](O)(C(=O)OC)[C@H](OC(C)=O)[C@]4(CC)C=CCN5CC[C@]31[C@@H]54)C2. The summed E-state index contributed by atoms with van der Waals surface area (Å²) >= 11 is 8.35. The molecule has 2 bridgehead atoms.